The summed E-state index contributed by atoms with van der Waals surface area (Å²) in [5.74, 6) is 0. The lowest BCUT2D eigenvalue weighted by molar-refractivity contribution is -0.385. The maximum atomic E-state index is 10.6. The molecule has 0 spiro atoms. The van der Waals surface area contributed by atoms with E-state index in [-0.39, 0.29) is 12.2 Å². The van der Waals surface area contributed by atoms with E-state index in [9.17, 15) is 15.2 Å². The molecule has 0 saturated carbocycles. The summed E-state index contributed by atoms with van der Waals surface area (Å²) in [6.45, 7) is 4.26. The molecule has 1 saturated heterocycles. The highest BCUT2D eigenvalue weighted by molar-refractivity contribution is 7.13. The average Bonchev–Trinajstić information content (AvgIpc) is 3.19. The van der Waals surface area contributed by atoms with Gasteiger partial charge in [0.15, 0.2) is 5.13 Å². The van der Waals surface area contributed by atoms with E-state index >= 15 is 0 Å². The Balaban J connectivity index is 1.45. The van der Waals surface area contributed by atoms with Crippen LogP contribution in [0.15, 0.2) is 24.0 Å². The highest BCUT2D eigenvalue weighted by atomic mass is 32.1. The molecule has 9 nitrogen and oxygen atoms in total. The first-order valence-electron chi connectivity index (χ1n) is 7.33. The van der Waals surface area contributed by atoms with Crippen molar-refractivity contribution in [2.24, 2.45) is 0 Å². The van der Waals surface area contributed by atoms with E-state index in [0.717, 1.165) is 31.3 Å². The number of aromatic nitrogens is 3. The fourth-order valence-electron chi connectivity index (χ4n) is 2.61. The van der Waals surface area contributed by atoms with Crippen LogP contribution >= 0.6 is 11.3 Å². The van der Waals surface area contributed by atoms with Crippen LogP contribution in [0.3, 0.4) is 0 Å². The second kappa shape index (κ2) is 7.02. The molecule has 2 aromatic rings. The van der Waals surface area contributed by atoms with Crippen molar-refractivity contribution in [3.05, 3.63) is 34.1 Å². The summed E-state index contributed by atoms with van der Waals surface area (Å²) in [6, 6.07) is 0. The summed E-state index contributed by atoms with van der Waals surface area (Å²) in [5, 5.41) is 27.7. The molecule has 2 aromatic heterocycles. The summed E-state index contributed by atoms with van der Waals surface area (Å²) in [7, 11) is 0. The minimum Gasteiger partial charge on any atom is -0.390 e. The fourth-order valence-corrected chi connectivity index (χ4v) is 3.31. The second-order valence-corrected chi connectivity index (χ2v) is 6.31. The molecule has 0 radical (unpaired) electrons. The SMILES string of the molecule is O=[N+]([O-])c1cnn(CC(O)CN2CCN(c3nccs3)CC2)c1. The van der Waals surface area contributed by atoms with Gasteiger partial charge >= 0.3 is 5.69 Å². The van der Waals surface area contributed by atoms with Crippen molar-refractivity contribution in [2.75, 3.05) is 37.6 Å². The van der Waals surface area contributed by atoms with Gasteiger partial charge in [-0.2, -0.15) is 5.10 Å². The number of aliphatic hydroxyl groups excluding tert-OH is 1. The molecule has 1 unspecified atom stereocenters. The number of aliphatic hydroxyl groups is 1. The first-order valence-corrected chi connectivity index (χ1v) is 8.21. The van der Waals surface area contributed by atoms with E-state index in [0.29, 0.717) is 6.54 Å². The average molecular weight is 338 g/mol. The highest BCUT2D eigenvalue weighted by Crippen LogP contribution is 2.19. The van der Waals surface area contributed by atoms with Crippen molar-refractivity contribution in [3.63, 3.8) is 0 Å². The lowest BCUT2D eigenvalue weighted by atomic mass is 10.2. The van der Waals surface area contributed by atoms with Crippen LogP contribution in [-0.2, 0) is 6.54 Å². The van der Waals surface area contributed by atoms with Crippen molar-refractivity contribution < 1.29 is 10.0 Å². The van der Waals surface area contributed by atoms with Gasteiger partial charge in [0.1, 0.15) is 12.4 Å². The van der Waals surface area contributed by atoms with Gasteiger partial charge in [-0.3, -0.25) is 19.7 Å². The van der Waals surface area contributed by atoms with Crippen LogP contribution in [-0.4, -0.2) is 68.5 Å². The zero-order chi connectivity index (χ0) is 16.2. The van der Waals surface area contributed by atoms with Crippen LogP contribution in [0.5, 0.6) is 0 Å². The maximum Gasteiger partial charge on any atom is 0.306 e. The van der Waals surface area contributed by atoms with Crippen LogP contribution in [0, 0.1) is 10.1 Å². The quantitative estimate of drug-likeness (QED) is 0.602. The third kappa shape index (κ3) is 4.03. The van der Waals surface area contributed by atoms with Crippen molar-refractivity contribution >= 4 is 22.2 Å². The topological polar surface area (TPSA) is 101 Å². The molecule has 0 aliphatic carbocycles. The molecule has 0 aromatic carbocycles. The molecule has 1 fully saturated rings. The summed E-state index contributed by atoms with van der Waals surface area (Å²) in [4.78, 5) is 18.9. The number of hydrogen-bond acceptors (Lipinski definition) is 8. The van der Waals surface area contributed by atoms with Gasteiger partial charge in [0.25, 0.3) is 0 Å². The van der Waals surface area contributed by atoms with E-state index in [1.807, 2.05) is 5.38 Å². The van der Waals surface area contributed by atoms with Gasteiger partial charge in [-0.1, -0.05) is 0 Å². The van der Waals surface area contributed by atoms with Crippen molar-refractivity contribution in [1.82, 2.24) is 19.7 Å². The summed E-state index contributed by atoms with van der Waals surface area (Å²) in [5.41, 5.74) is -0.0609. The van der Waals surface area contributed by atoms with Crippen LogP contribution in [0.2, 0.25) is 0 Å². The molecule has 3 heterocycles. The molecule has 23 heavy (non-hydrogen) atoms. The third-order valence-electron chi connectivity index (χ3n) is 3.76. The summed E-state index contributed by atoms with van der Waals surface area (Å²) < 4.78 is 1.41. The van der Waals surface area contributed by atoms with Crippen molar-refractivity contribution in [1.29, 1.82) is 0 Å². The molecule has 1 aliphatic heterocycles. The third-order valence-corrected chi connectivity index (χ3v) is 4.59. The predicted molar refractivity (Wildman–Crippen MR) is 85.7 cm³/mol. The van der Waals surface area contributed by atoms with Crippen LogP contribution in [0.4, 0.5) is 10.8 Å². The molecule has 3 rings (SSSR count). The van der Waals surface area contributed by atoms with E-state index in [2.05, 4.69) is 19.9 Å². The van der Waals surface area contributed by atoms with E-state index in [1.165, 1.54) is 17.1 Å². The normalized spacial score (nSPS) is 17.3. The van der Waals surface area contributed by atoms with E-state index < -0.39 is 11.0 Å². The van der Waals surface area contributed by atoms with Crippen LogP contribution in [0.25, 0.3) is 0 Å². The van der Waals surface area contributed by atoms with Gasteiger partial charge in [0, 0.05) is 44.3 Å². The molecule has 124 valence electrons. The standard InChI is InChI=1S/C13H18N6O3S/c20-12(10-18-8-11(7-15-18)19(21)22)9-16-2-4-17(5-3-16)13-14-1-6-23-13/h1,6-8,12,20H,2-5,9-10H2. The molecular weight excluding hydrogens is 320 g/mol. The zero-order valence-electron chi connectivity index (χ0n) is 12.5. The number of nitro groups is 1. The zero-order valence-corrected chi connectivity index (χ0v) is 13.3. The summed E-state index contributed by atoms with van der Waals surface area (Å²) >= 11 is 1.63. The van der Waals surface area contributed by atoms with Crippen LogP contribution in [0.1, 0.15) is 0 Å². The maximum absolute atomic E-state index is 10.6. The Morgan fingerprint density at radius 1 is 1.35 bits per heavy atom. The first kappa shape index (κ1) is 15.8. The minimum atomic E-state index is -0.610. The number of anilines is 1. The number of β-amino-alcohol motifs (C(OH)–C–C–N with tert-alkyl or cyclic N) is 1. The Morgan fingerprint density at radius 3 is 2.74 bits per heavy atom. The monoisotopic (exact) mass is 338 g/mol. The number of rotatable bonds is 6. The van der Waals surface area contributed by atoms with Gasteiger partial charge in [-0.05, 0) is 0 Å². The fraction of sp³-hybridized carbons (Fsp3) is 0.538. The summed E-state index contributed by atoms with van der Waals surface area (Å²) in [6.07, 6.45) is 3.73. The minimum absolute atomic E-state index is 0.0609. The highest BCUT2D eigenvalue weighted by Gasteiger charge is 2.21. The molecule has 0 bridgehead atoms. The molecule has 0 amide bonds. The first-order chi connectivity index (χ1) is 11.1. The predicted octanol–water partition coefficient (Wildman–Crippen LogP) is 0.431. The van der Waals surface area contributed by atoms with E-state index in [4.69, 9.17) is 0 Å². The lowest BCUT2D eigenvalue weighted by Gasteiger charge is -2.35. The van der Waals surface area contributed by atoms with Crippen molar-refractivity contribution in [2.45, 2.75) is 12.6 Å². The lowest BCUT2D eigenvalue weighted by Crippen LogP contribution is -2.49. The molecule has 10 heteroatoms. The van der Waals surface area contributed by atoms with Gasteiger partial charge in [0.2, 0.25) is 0 Å². The van der Waals surface area contributed by atoms with Gasteiger partial charge < -0.3 is 10.0 Å². The van der Waals surface area contributed by atoms with Crippen LogP contribution < -0.4 is 4.90 Å². The number of nitrogens with zero attached hydrogens (tertiary/aromatic N) is 6. The number of piperazine rings is 1. The Kier molecular flexibility index (Phi) is 4.84. The largest absolute Gasteiger partial charge is 0.390 e. The Bertz CT molecular complexity index is 638. The number of hydrogen-bond donors (Lipinski definition) is 1. The van der Waals surface area contributed by atoms with Gasteiger partial charge in [-0.15, -0.1) is 11.3 Å². The second-order valence-electron chi connectivity index (χ2n) is 5.43. The Labute approximate surface area is 136 Å². The van der Waals surface area contributed by atoms with Crippen molar-refractivity contribution in [3.8, 4) is 0 Å². The Morgan fingerprint density at radius 2 is 2.13 bits per heavy atom. The molecule has 1 aliphatic rings. The Hall–Kier alpha value is -2.04. The van der Waals surface area contributed by atoms with Gasteiger partial charge in [-0.25, -0.2) is 4.98 Å². The smallest absolute Gasteiger partial charge is 0.306 e. The van der Waals surface area contributed by atoms with Gasteiger partial charge in [0.05, 0.1) is 17.6 Å². The molecule has 1 atom stereocenters. The number of thiazole rings is 1. The molecule has 1 N–H and O–H groups in total. The van der Waals surface area contributed by atoms with E-state index in [1.54, 1.807) is 17.5 Å². The molecular formula is C13H18N6O3S.